The molecule has 0 radical (unpaired) electrons. The number of nitrogens with one attached hydrogen (secondary N) is 2. The number of allylic oxidation sites excluding steroid dienone is 1. The third kappa shape index (κ3) is 7.14. The molecule has 0 bridgehead atoms. The fourth-order valence-electron chi connectivity index (χ4n) is 4.70. The number of aromatic carboxylic acids is 1. The standard InChI is InChI=1S/C28H33N5O9/c1-39-22-15-18(28(36)40-2)14-21(33(37)38)25(22)29-7-4-3-6-19-20(27(34)35)16-23(26-24(19)30-17-31-26)42-11-5-8-32-9-12-41-13-10-32/h3-4,14-17,29H,5-13H2,1-2H3,(H,30,31)(H,34,35). The molecule has 0 atom stereocenters. The second kappa shape index (κ2) is 14.3. The largest absolute Gasteiger partial charge is 0.494 e. The zero-order chi connectivity index (χ0) is 30.1. The van der Waals surface area contributed by atoms with Gasteiger partial charge in [-0.25, -0.2) is 14.6 Å². The van der Waals surface area contributed by atoms with E-state index in [9.17, 15) is 24.8 Å². The number of carbonyl (C=O) groups excluding carboxylic acids is 1. The number of morpholine rings is 1. The molecule has 1 saturated heterocycles. The number of methoxy groups -OCH3 is 2. The molecule has 224 valence electrons. The highest BCUT2D eigenvalue weighted by Gasteiger charge is 2.23. The number of nitro groups is 1. The first-order valence-electron chi connectivity index (χ1n) is 13.3. The second-order valence-electron chi connectivity index (χ2n) is 9.37. The number of rotatable bonds is 14. The van der Waals surface area contributed by atoms with Crippen molar-refractivity contribution in [1.29, 1.82) is 0 Å². The molecule has 14 heteroatoms. The maximum atomic E-state index is 12.2. The van der Waals surface area contributed by atoms with Crippen molar-refractivity contribution in [2.24, 2.45) is 0 Å². The number of benzene rings is 2. The topological polar surface area (TPSA) is 178 Å². The minimum absolute atomic E-state index is 0.0177. The van der Waals surface area contributed by atoms with Crippen molar-refractivity contribution >= 4 is 34.3 Å². The predicted octanol–water partition coefficient (Wildman–Crippen LogP) is 3.28. The monoisotopic (exact) mass is 583 g/mol. The Morgan fingerprint density at radius 2 is 2.00 bits per heavy atom. The van der Waals surface area contributed by atoms with Crippen molar-refractivity contribution in [2.45, 2.75) is 12.8 Å². The van der Waals surface area contributed by atoms with Crippen molar-refractivity contribution in [1.82, 2.24) is 14.9 Å². The van der Waals surface area contributed by atoms with Crippen LogP contribution in [0, 0.1) is 10.1 Å². The van der Waals surface area contributed by atoms with Crippen molar-refractivity contribution < 1.29 is 38.6 Å². The summed E-state index contributed by atoms with van der Waals surface area (Å²) < 4.78 is 21.3. The summed E-state index contributed by atoms with van der Waals surface area (Å²) >= 11 is 0. The van der Waals surface area contributed by atoms with E-state index in [-0.39, 0.29) is 41.2 Å². The molecule has 0 amide bonds. The van der Waals surface area contributed by atoms with E-state index >= 15 is 0 Å². The van der Waals surface area contributed by atoms with Crippen molar-refractivity contribution in [3.05, 3.63) is 63.5 Å². The lowest BCUT2D eigenvalue weighted by atomic mass is 10.0. The normalized spacial score (nSPS) is 13.8. The van der Waals surface area contributed by atoms with Crippen LogP contribution < -0.4 is 14.8 Å². The molecule has 3 N–H and O–H groups in total. The summed E-state index contributed by atoms with van der Waals surface area (Å²) in [7, 11) is 2.51. The van der Waals surface area contributed by atoms with Gasteiger partial charge in [0.1, 0.15) is 17.0 Å². The maximum absolute atomic E-state index is 12.2. The van der Waals surface area contributed by atoms with Crippen LogP contribution >= 0.6 is 0 Å². The van der Waals surface area contributed by atoms with Crippen molar-refractivity contribution in [3.8, 4) is 11.5 Å². The molecule has 0 spiro atoms. The van der Waals surface area contributed by atoms with Gasteiger partial charge in [0.25, 0.3) is 5.69 Å². The molecule has 0 aliphatic carbocycles. The minimum atomic E-state index is -1.11. The zero-order valence-electron chi connectivity index (χ0n) is 23.4. The Bertz CT molecular complexity index is 1460. The van der Waals surface area contributed by atoms with E-state index in [0.29, 0.717) is 29.0 Å². The van der Waals surface area contributed by atoms with Crippen LogP contribution in [0.15, 0.2) is 36.7 Å². The van der Waals surface area contributed by atoms with Gasteiger partial charge in [-0.15, -0.1) is 0 Å². The number of nitrogens with zero attached hydrogens (tertiary/aromatic N) is 3. The summed E-state index contributed by atoms with van der Waals surface area (Å²) in [4.78, 5) is 44.8. The molecule has 2 aromatic carbocycles. The number of hydrogen-bond acceptors (Lipinski definition) is 11. The fraction of sp³-hybridized carbons (Fsp3) is 0.393. The first kappa shape index (κ1) is 30.3. The molecule has 1 fully saturated rings. The highest BCUT2D eigenvalue weighted by Crippen LogP contribution is 2.36. The second-order valence-corrected chi connectivity index (χ2v) is 9.37. The molecule has 4 rings (SSSR count). The lowest BCUT2D eigenvalue weighted by Crippen LogP contribution is -2.37. The summed E-state index contributed by atoms with van der Waals surface area (Å²) in [6.45, 7) is 4.67. The summed E-state index contributed by atoms with van der Waals surface area (Å²) in [5, 5.41) is 24.5. The summed E-state index contributed by atoms with van der Waals surface area (Å²) in [5.41, 5.74) is 1.40. The predicted molar refractivity (Wildman–Crippen MR) is 153 cm³/mol. The number of anilines is 1. The molecule has 0 saturated carbocycles. The average molecular weight is 584 g/mol. The Balaban J connectivity index is 1.45. The SMILES string of the molecule is COC(=O)c1cc(OC)c(NCC=CCc2c(C(=O)O)cc(OCCCN3CCOCC3)c3[nH]cnc23)c([N+](=O)[O-])c1. The molecule has 2 heterocycles. The van der Waals surface area contributed by atoms with E-state index in [1.54, 1.807) is 12.2 Å². The number of fused-ring (bicyclic) bond motifs is 1. The van der Waals surface area contributed by atoms with E-state index in [0.717, 1.165) is 45.3 Å². The molecule has 1 aliphatic rings. The van der Waals surface area contributed by atoms with E-state index in [1.165, 1.54) is 32.7 Å². The van der Waals surface area contributed by atoms with Crippen LogP contribution in [0.4, 0.5) is 11.4 Å². The summed E-state index contributed by atoms with van der Waals surface area (Å²) in [6, 6.07) is 3.97. The van der Waals surface area contributed by atoms with Gasteiger partial charge in [-0.05, 0) is 30.5 Å². The first-order chi connectivity index (χ1) is 20.3. The number of hydrogen-bond donors (Lipinski definition) is 3. The molecule has 14 nitrogen and oxygen atoms in total. The molecular formula is C28H33N5O9. The van der Waals surface area contributed by atoms with Gasteiger partial charge in [0, 0.05) is 32.2 Å². The Morgan fingerprint density at radius 1 is 1.21 bits per heavy atom. The number of carboxylic acids is 1. The van der Waals surface area contributed by atoms with Gasteiger partial charge in [-0.1, -0.05) is 12.2 Å². The number of ether oxygens (including phenoxy) is 4. The Morgan fingerprint density at radius 3 is 2.69 bits per heavy atom. The molecule has 0 unspecified atom stereocenters. The van der Waals surface area contributed by atoms with Gasteiger partial charge in [0.05, 0.1) is 61.9 Å². The van der Waals surface area contributed by atoms with Crippen LogP contribution in [-0.4, -0.2) is 97.1 Å². The van der Waals surface area contributed by atoms with Gasteiger partial charge in [0.2, 0.25) is 0 Å². The zero-order valence-corrected chi connectivity index (χ0v) is 23.4. The van der Waals surface area contributed by atoms with Crippen molar-refractivity contribution in [3.63, 3.8) is 0 Å². The number of H-pyrrole nitrogens is 1. The number of carboxylic acid groups (broad SMARTS) is 1. The molecule has 3 aromatic rings. The number of nitro benzene ring substituents is 1. The third-order valence-corrected chi connectivity index (χ3v) is 6.79. The van der Waals surface area contributed by atoms with Gasteiger partial charge < -0.3 is 34.4 Å². The maximum Gasteiger partial charge on any atom is 0.338 e. The first-order valence-corrected chi connectivity index (χ1v) is 13.3. The lowest BCUT2D eigenvalue weighted by Gasteiger charge is -2.26. The van der Waals surface area contributed by atoms with Crippen LogP contribution in [0.5, 0.6) is 11.5 Å². The highest BCUT2D eigenvalue weighted by molar-refractivity contribution is 5.98. The number of aromatic nitrogens is 2. The molecule has 1 aromatic heterocycles. The molecular weight excluding hydrogens is 550 g/mol. The van der Waals surface area contributed by atoms with E-state index in [4.69, 9.17) is 14.2 Å². The Labute approximate surface area is 241 Å². The summed E-state index contributed by atoms with van der Waals surface area (Å²) in [6.07, 6.45) is 5.96. The van der Waals surface area contributed by atoms with Crippen LogP contribution in [0.2, 0.25) is 0 Å². The van der Waals surface area contributed by atoms with E-state index in [2.05, 4.69) is 24.9 Å². The Kier molecular flexibility index (Phi) is 10.3. The number of aromatic amines is 1. The third-order valence-electron chi connectivity index (χ3n) is 6.79. The smallest absolute Gasteiger partial charge is 0.338 e. The van der Waals surface area contributed by atoms with Gasteiger partial charge in [-0.2, -0.15) is 0 Å². The quantitative estimate of drug-likeness (QED) is 0.0830. The number of imidazole rings is 1. The summed E-state index contributed by atoms with van der Waals surface area (Å²) in [5.74, 6) is -1.31. The molecule has 42 heavy (non-hydrogen) atoms. The van der Waals surface area contributed by atoms with Gasteiger partial charge >= 0.3 is 11.9 Å². The van der Waals surface area contributed by atoms with Crippen LogP contribution in [0.25, 0.3) is 11.0 Å². The minimum Gasteiger partial charge on any atom is -0.494 e. The lowest BCUT2D eigenvalue weighted by molar-refractivity contribution is -0.384. The van der Waals surface area contributed by atoms with E-state index < -0.39 is 16.9 Å². The van der Waals surface area contributed by atoms with Crippen LogP contribution in [0.1, 0.15) is 32.7 Å². The average Bonchev–Trinajstić information content (AvgIpc) is 3.49. The molecule has 1 aliphatic heterocycles. The fourth-order valence-corrected chi connectivity index (χ4v) is 4.70. The van der Waals surface area contributed by atoms with E-state index in [1.807, 2.05) is 0 Å². The number of carbonyl (C=O) groups is 2. The van der Waals surface area contributed by atoms with Crippen LogP contribution in [-0.2, 0) is 15.9 Å². The highest BCUT2D eigenvalue weighted by atomic mass is 16.6. The van der Waals surface area contributed by atoms with Crippen molar-refractivity contribution in [2.75, 3.05) is 65.5 Å². The Hall–Kier alpha value is -4.69. The van der Waals surface area contributed by atoms with Gasteiger partial charge in [0.15, 0.2) is 5.69 Å². The van der Waals surface area contributed by atoms with Crippen LogP contribution in [0.3, 0.4) is 0 Å². The van der Waals surface area contributed by atoms with Gasteiger partial charge in [-0.3, -0.25) is 15.0 Å². The number of esters is 1.